The van der Waals surface area contributed by atoms with Gasteiger partial charge in [0.1, 0.15) is 12.2 Å². The van der Waals surface area contributed by atoms with Gasteiger partial charge in [0.25, 0.3) is 0 Å². The molecular formula is C13H17N3O4. The van der Waals surface area contributed by atoms with Crippen molar-refractivity contribution in [1.29, 1.82) is 0 Å². The van der Waals surface area contributed by atoms with Crippen LogP contribution in [-0.2, 0) is 20.8 Å². The first-order chi connectivity index (χ1) is 9.76. The maximum Gasteiger partial charge on any atom is 0.186 e. The Morgan fingerprint density at radius 3 is 2.80 bits per heavy atom. The number of rotatable bonds is 6. The van der Waals surface area contributed by atoms with Crippen LogP contribution in [0.4, 0.5) is 0 Å². The fourth-order valence-corrected chi connectivity index (χ4v) is 2.14. The number of hydrogen-bond donors (Lipinski definition) is 1. The first-order valence-electron chi connectivity index (χ1n) is 6.29. The Labute approximate surface area is 116 Å². The normalized spacial score (nSPS) is 29.1. The van der Waals surface area contributed by atoms with Crippen molar-refractivity contribution < 1.29 is 19.3 Å². The molecule has 20 heavy (non-hydrogen) atoms. The van der Waals surface area contributed by atoms with E-state index >= 15 is 0 Å². The van der Waals surface area contributed by atoms with Gasteiger partial charge < -0.3 is 19.3 Å². The SMILES string of the molecule is CO[C@H]1O[C@H](CN=[N+]=[N-])[C@H](OCc2ccccc2)[C@H]1O. The Morgan fingerprint density at radius 2 is 2.15 bits per heavy atom. The maximum atomic E-state index is 10.1. The van der Waals surface area contributed by atoms with E-state index in [1.165, 1.54) is 7.11 Å². The molecule has 1 aromatic carbocycles. The van der Waals surface area contributed by atoms with Crippen LogP contribution < -0.4 is 0 Å². The lowest BCUT2D eigenvalue weighted by atomic mass is 10.1. The number of ether oxygens (including phenoxy) is 3. The van der Waals surface area contributed by atoms with E-state index in [2.05, 4.69) is 10.0 Å². The summed E-state index contributed by atoms with van der Waals surface area (Å²) in [6.07, 6.45) is -2.79. The number of azide groups is 1. The van der Waals surface area contributed by atoms with Gasteiger partial charge >= 0.3 is 0 Å². The summed E-state index contributed by atoms with van der Waals surface area (Å²) in [7, 11) is 1.44. The molecule has 0 bridgehead atoms. The summed E-state index contributed by atoms with van der Waals surface area (Å²) in [6.45, 7) is 0.433. The predicted octanol–water partition coefficient (Wildman–Crippen LogP) is 1.61. The molecule has 0 aliphatic carbocycles. The molecule has 1 fully saturated rings. The van der Waals surface area contributed by atoms with Crippen LogP contribution in [-0.4, -0.2) is 43.4 Å². The van der Waals surface area contributed by atoms with Crippen LogP contribution in [0.25, 0.3) is 10.4 Å². The summed E-state index contributed by atoms with van der Waals surface area (Å²) in [6, 6.07) is 9.60. The molecule has 0 spiro atoms. The quantitative estimate of drug-likeness (QED) is 0.486. The highest BCUT2D eigenvalue weighted by Crippen LogP contribution is 2.25. The monoisotopic (exact) mass is 279 g/mol. The lowest BCUT2D eigenvalue weighted by Crippen LogP contribution is -2.36. The molecule has 4 atom stereocenters. The number of methoxy groups -OCH3 is 1. The van der Waals surface area contributed by atoms with Crippen molar-refractivity contribution in [3.63, 3.8) is 0 Å². The van der Waals surface area contributed by atoms with Gasteiger partial charge in [-0.1, -0.05) is 35.4 Å². The van der Waals surface area contributed by atoms with Crippen molar-refractivity contribution in [2.24, 2.45) is 5.11 Å². The minimum atomic E-state index is -0.914. The molecule has 7 nitrogen and oxygen atoms in total. The summed E-state index contributed by atoms with van der Waals surface area (Å²) < 4.78 is 16.2. The second-order valence-corrected chi connectivity index (χ2v) is 4.44. The van der Waals surface area contributed by atoms with E-state index in [0.29, 0.717) is 6.61 Å². The van der Waals surface area contributed by atoms with E-state index in [9.17, 15) is 5.11 Å². The van der Waals surface area contributed by atoms with Gasteiger partial charge in [-0.05, 0) is 11.1 Å². The number of benzene rings is 1. The first kappa shape index (κ1) is 14.8. The van der Waals surface area contributed by atoms with Crippen molar-refractivity contribution in [3.05, 3.63) is 46.3 Å². The third-order valence-electron chi connectivity index (χ3n) is 3.13. The number of aliphatic hydroxyl groups excluding tert-OH is 1. The Hall–Kier alpha value is -1.63. The number of aliphatic hydroxyl groups is 1. The van der Waals surface area contributed by atoms with Crippen LogP contribution in [0.15, 0.2) is 35.4 Å². The van der Waals surface area contributed by atoms with Crippen molar-refractivity contribution >= 4 is 0 Å². The van der Waals surface area contributed by atoms with E-state index in [1.54, 1.807) is 0 Å². The van der Waals surface area contributed by atoms with Crippen LogP contribution in [0, 0.1) is 0 Å². The molecule has 108 valence electrons. The molecular weight excluding hydrogens is 262 g/mol. The molecule has 0 aromatic heterocycles. The van der Waals surface area contributed by atoms with Gasteiger partial charge in [-0.3, -0.25) is 0 Å². The van der Waals surface area contributed by atoms with Gasteiger partial charge in [0.05, 0.1) is 19.3 Å². The highest BCUT2D eigenvalue weighted by molar-refractivity contribution is 5.13. The Kier molecular flexibility index (Phi) is 5.34. The van der Waals surface area contributed by atoms with E-state index in [1.807, 2.05) is 30.3 Å². The van der Waals surface area contributed by atoms with Crippen LogP contribution in [0.5, 0.6) is 0 Å². The van der Waals surface area contributed by atoms with E-state index < -0.39 is 24.6 Å². The van der Waals surface area contributed by atoms with Crippen LogP contribution >= 0.6 is 0 Å². The minimum Gasteiger partial charge on any atom is -0.385 e. The average molecular weight is 279 g/mol. The Balaban J connectivity index is 1.99. The second kappa shape index (κ2) is 7.23. The fraction of sp³-hybridized carbons (Fsp3) is 0.538. The highest BCUT2D eigenvalue weighted by Gasteiger charge is 2.44. The van der Waals surface area contributed by atoms with Gasteiger partial charge in [-0.15, -0.1) is 0 Å². The summed E-state index contributed by atoms with van der Waals surface area (Å²) in [5, 5.41) is 13.6. The summed E-state index contributed by atoms with van der Waals surface area (Å²) >= 11 is 0. The second-order valence-electron chi connectivity index (χ2n) is 4.44. The lowest BCUT2D eigenvalue weighted by molar-refractivity contribution is -0.147. The van der Waals surface area contributed by atoms with Gasteiger partial charge in [0, 0.05) is 12.0 Å². The molecule has 1 heterocycles. The van der Waals surface area contributed by atoms with Gasteiger partial charge in [-0.25, -0.2) is 0 Å². The molecule has 0 amide bonds. The van der Waals surface area contributed by atoms with Crippen molar-refractivity contribution in [1.82, 2.24) is 0 Å². The maximum absolute atomic E-state index is 10.1. The molecule has 1 aliphatic heterocycles. The van der Waals surface area contributed by atoms with Crippen LogP contribution in [0.1, 0.15) is 5.56 Å². The largest absolute Gasteiger partial charge is 0.385 e. The van der Waals surface area contributed by atoms with E-state index in [4.69, 9.17) is 19.7 Å². The third-order valence-corrected chi connectivity index (χ3v) is 3.13. The van der Waals surface area contributed by atoms with E-state index in [-0.39, 0.29) is 6.54 Å². The average Bonchev–Trinajstić information content (AvgIpc) is 2.79. The summed E-state index contributed by atoms with van der Waals surface area (Å²) in [5.41, 5.74) is 9.37. The van der Waals surface area contributed by atoms with Gasteiger partial charge in [0.2, 0.25) is 0 Å². The Bertz CT molecular complexity index is 464. The van der Waals surface area contributed by atoms with Crippen LogP contribution in [0.2, 0.25) is 0 Å². The molecule has 1 saturated heterocycles. The molecule has 2 rings (SSSR count). The topological polar surface area (TPSA) is 96.7 Å². The fourth-order valence-electron chi connectivity index (χ4n) is 2.14. The number of nitrogens with zero attached hydrogens (tertiary/aromatic N) is 3. The lowest BCUT2D eigenvalue weighted by Gasteiger charge is -2.19. The molecule has 1 N–H and O–H groups in total. The van der Waals surface area contributed by atoms with E-state index in [0.717, 1.165) is 5.56 Å². The van der Waals surface area contributed by atoms with Gasteiger partial charge in [0.15, 0.2) is 6.29 Å². The van der Waals surface area contributed by atoms with Crippen molar-refractivity contribution in [2.75, 3.05) is 13.7 Å². The van der Waals surface area contributed by atoms with Gasteiger partial charge in [-0.2, -0.15) is 0 Å². The molecule has 1 aromatic rings. The third kappa shape index (κ3) is 3.47. The molecule has 0 saturated carbocycles. The molecule has 7 heteroatoms. The number of hydrogen-bond acceptors (Lipinski definition) is 5. The standard InChI is InChI=1S/C13H17N3O4/c1-18-13-11(17)12(10(20-13)7-15-16-14)19-8-9-5-3-2-4-6-9/h2-6,10-13,17H,7-8H2,1H3/t10-,11-,12+,13+/m1/s1. The summed E-state index contributed by atoms with van der Waals surface area (Å²) in [4.78, 5) is 2.69. The van der Waals surface area contributed by atoms with Crippen molar-refractivity contribution in [3.8, 4) is 0 Å². The first-order valence-corrected chi connectivity index (χ1v) is 6.29. The highest BCUT2D eigenvalue weighted by atomic mass is 16.7. The smallest absolute Gasteiger partial charge is 0.186 e. The zero-order chi connectivity index (χ0) is 14.4. The molecule has 1 aliphatic rings. The summed E-state index contributed by atoms with van der Waals surface area (Å²) in [5.74, 6) is 0. The molecule has 0 radical (unpaired) electrons. The zero-order valence-electron chi connectivity index (χ0n) is 11.1. The molecule has 0 unspecified atom stereocenters. The Morgan fingerprint density at radius 1 is 1.40 bits per heavy atom. The zero-order valence-corrected chi connectivity index (χ0v) is 11.1. The van der Waals surface area contributed by atoms with Crippen molar-refractivity contribution in [2.45, 2.75) is 31.2 Å². The minimum absolute atomic E-state index is 0.0902. The van der Waals surface area contributed by atoms with Crippen LogP contribution in [0.3, 0.4) is 0 Å². The predicted molar refractivity (Wildman–Crippen MR) is 70.7 cm³/mol.